The summed E-state index contributed by atoms with van der Waals surface area (Å²) in [6, 6.07) is 6.17. The average Bonchev–Trinajstić information content (AvgIpc) is 2.85. The molecule has 2 rings (SSSR count). The monoisotopic (exact) mass is 290 g/mol. The maximum Gasteiger partial charge on any atom is 0.0897 e. The first-order valence-electron chi connectivity index (χ1n) is 6.89. The van der Waals surface area contributed by atoms with Crippen molar-refractivity contribution in [1.29, 1.82) is 0 Å². The van der Waals surface area contributed by atoms with Crippen LogP contribution in [0.25, 0.3) is 0 Å². The van der Waals surface area contributed by atoms with Gasteiger partial charge in [-0.1, -0.05) is 13.0 Å². The van der Waals surface area contributed by atoms with Crippen molar-refractivity contribution in [3.8, 4) is 0 Å². The lowest BCUT2D eigenvalue weighted by molar-refractivity contribution is 0.195. The second-order valence-electron chi connectivity index (χ2n) is 5.04. The summed E-state index contributed by atoms with van der Waals surface area (Å²) in [6.45, 7) is 4.93. The van der Waals surface area contributed by atoms with Gasteiger partial charge in [0.2, 0.25) is 0 Å². The Morgan fingerprint density at radius 1 is 1.40 bits per heavy atom. The third-order valence-corrected chi connectivity index (χ3v) is 4.24. The summed E-state index contributed by atoms with van der Waals surface area (Å²) in [7, 11) is 2.09. The zero-order chi connectivity index (χ0) is 14.5. The Balaban J connectivity index is 2.18. The van der Waals surface area contributed by atoms with Crippen molar-refractivity contribution < 1.29 is 0 Å². The van der Waals surface area contributed by atoms with Crippen LogP contribution in [0.1, 0.15) is 35.8 Å². The van der Waals surface area contributed by atoms with Crippen molar-refractivity contribution in [2.75, 3.05) is 7.05 Å². The van der Waals surface area contributed by atoms with Gasteiger partial charge in [-0.25, -0.2) is 4.98 Å². The number of likely N-dealkylation sites (N-methyl/N-ethyl adjacent to an activating group) is 1. The number of pyridine rings is 1. The predicted octanol–water partition coefficient (Wildman–Crippen LogP) is 2.76. The molecule has 4 nitrogen and oxygen atoms in total. The second kappa shape index (κ2) is 6.92. The summed E-state index contributed by atoms with van der Waals surface area (Å²) in [5.41, 5.74) is 8.43. The molecule has 0 spiro atoms. The normalized spacial score (nSPS) is 14.4. The molecule has 0 aliphatic rings. The highest BCUT2D eigenvalue weighted by atomic mass is 32.1. The second-order valence-corrected chi connectivity index (χ2v) is 6.11. The quantitative estimate of drug-likeness (QED) is 0.889. The van der Waals surface area contributed by atoms with Crippen molar-refractivity contribution in [2.45, 2.75) is 38.9 Å². The van der Waals surface area contributed by atoms with E-state index in [2.05, 4.69) is 34.2 Å². The van der Waals surface area contributed by atoms with Gasteiger partial charge in [0.05, 0.1) is 22.4 Å². The van der Waals surface area contributed by atoms with E-state index in [1.807, 2.05) is 31.3 Å². The zero-order valence-electron chi connectivity index (χ0n) is 12.3. The molecule has 2 N–H and O–H groups in total. The molecule has 0 saturated carbocycles. The van der Waals surface area contributed by atoms with Crippen molar-refractivity contribution >= 4 is 11.3 Å². The molecule has 0 fully saturated rings. The lowest BCUT2D eigenvalue weighted by atomic mass is 10.0. The molecule has 0 bridgehead atoms. The van der Waals surface area contributed by atoms with Gasteiger partial charge in [-0.05, 0) is 32.5 Å². The fourth-order valence-corrected chi connectivity index (χ4v) is 2.98. The number of aromatic nitrogens is 2. The van der Waals surface area contributed by atoms with Crippen molar-refractivity contribution in [2.24, 2.45) is 5.73 Å². The smallest absolute Gasteiger partial charge is 0.0897 e. The molecule has 0 saturated heterocycles. The summed E-state index contributed by atoms with van der Waals surface area (Å²) in [5, 5.41) is 3.21. The van der Waals surface area contributed by atoms with Gasteiger partial charge in [-0.2, -0.15) is 0 Å². The van der Waals surface area contributed by atoms with Crippen LogP contribution in [0.5, 0.6) is 0 Å². The van der Waals surface area contributed by atoms with Crippen LogP contribution in [-0.2, 0) is 6.54 Å². The Hall–Kier alpha value is -1.30. The van der Waals surface area contributed by atoms with E-state index in [1.54, 1.807) is 11.3 Å². The zero-order valence-corrected chi connectivity index (χ0v) is 13.1. The number of rotatable bonds is 6. The van der Waals surface area contributed by atoms with Gasteiger partial charge in [-0.3, -0.25) is 9.88 Å². The molecule has 2 aromatic rings. The third-order valence-electron chi connectivity index (χ3n) is 3.42. The van der Waals surface area contributed by atoms with Gasteiger partial charge < -0.3 is 5.73 Å². The molecule has 20 heavy (non-hydrogen) atoms. The van der Waals surface area contributed by atoms with Crippen LogP contribution in [0.2, 0.25) is 0 Å². The highest BCUT2D eigenvalue weighted by Crippen LogP contribution is 2.24. The summed E-state index contributed by atoms with van der Waals surface area (Å²) in [4.78, 5) is 11.2. The molecule has 0 amide bonds. The fourth-order valence-electron chi connectivity index (χ4n) is 2.38. The molecule has 0 radical (unpaired) electrons. The van der Waals surface area contributed by atoms with Crippen LogP contribution >= 0.6 is 11.3 Å². The predicted molar refractivity (Wildman–Crippen MR) is 83.6 cm³/mol. The third kappa shape index (κ3) is 3.62. The first-order valence-corrected chi connectivity index (χ1v) is 7.77. The van der Waals surface area contributed by atoms with Gasteiger partial charge >= 0.3 is 0 Å². The number of aryl methyl sites for hydroxylation is 1. The minimum absolute atomic E-state index is 0.0645. The number of thiazole rings is 1. The minimum atomic E-state index is 0.0645. The van der Waals surface area contributed by atoms with Crippen LogP contribution in [-0.4, -0.2) is 28.0 Å². The van der Waals surface area contributed by atoms with E-state index in [4.69, 9.17) is 5.73 Å². The summed E-state index contributed by atoms with van der Waals surface area (Å²) >= 11 is 1.68. The number of hydrogen-bond acceptors (Lipinski definition) is 5. The lowest BCUT2D eigenvalue weighted by Crippen LogP contribution is -2.39. The van der Waals surface area contributed by atoms with Gasteiger partial charge in [0.25, 0.3) is 0 Å². The SMILES string of the molecule is CCC(N)C(c1ccccn1)N(C)Cc1csc(C)n1. The topological polar surface area (TPSA) is 55.0 Å². The first kappa shape index (κ1) is 15.1. The largest absolute Gasteiger partial charge is 0.326 e. The van der Waals surface area contributed by atoms with E-state index in [0.717, 1.165) is 29.4 Å². The lowest BCUT2D eigenvalue weighted by Gasteiger charge is -2.31. The Bertz CT molecular complexity index is 526. The average molecular weight is 290 g/mol. The standard InChI is InChI=1S/C15H22N4S/c1-4-13(16)15(14-7-5-6-8-17-14)19(3)9-12-10-20-11(2)18-12/h5-8,10,13,15H,4,9,16H2,1-3H3. The molecule has 2 unspecified atom stereocenters. The van der Waals surface area contributed by atoms with Crippen LogP contribution in [0.3, 0.4) is 0 Å². The maximum absolute atomic E-state index is 6.31. The Kier molecular flexibility index (Phi) is 5.23. The maximum atomic E-state index is 6.31. The van der Waals surface area contributed by atoms with Crippen molar-refractivity contribution in [3.63, 3.8) is 0 Å². The highest BCUT2D eigenvalue weighted by Gasteiger charge is 2.24. The number of nitrogens with zero attached hydrogens (tertiary/aromatic N) is 3. The van der Waals surface area contributed by atoms with E-state index in [9.17, 15) is 0 Å². The first-order chi connectivity index (χ1) is 9.61. The van der Waals surface area contributed by atoms with Gasteiger partial charge in [0.1, 0.15) is 0 Å². The summed E-state index contributed by atoms with van der Waals surface area (Å²) in [5.74, 6) is 0. The van der Waals surface area contributed by atoms with Gasteiger partial charge in [0.15, 0.2) is 0 Å². The summed E-state index contributed by atoms with van der Waals surface area (Å²) in [6.07, 6.45) is 2.74. The molecule has 5 heteroatoms. The Morgan fingerprint density at radius 2 is 2.20 bits per heavy atom. The molecular formula is C15H22N4S. The molecule has 2 aromatic heterocycles. The Morgan fingerprint density at radius 3 is 2.75 bits per heavy atom. The summed E-state index contributed by atoms with van der Waals surface area (Å²) < 4.78 is 0. The van der Waals surface area contributed by atoms with Crippen molar-refractivity contribution in [3.05, 3.63) is 46.2 Å². The highest BCUT2D eigenvalue weighted by molar-refractivity contribution is 7.09. The molecule has 0 aromatic carbocycles. The number of nitrogens with two attached hydrogens (primary N) is 1. The minimum Gasteiger partial charge on any atom is -0.326 e. The molecule has 0 aliphatic heterocycles. The van der Waals surface area contributed by atoms with E-state index in [0.29, 0.717) is 0 Å². The van der Waals surface area contributed by atoms with E-state index < -0.39 is 0 Å². The molecule has 2 atom stereocenters. The Labute approximate surface area is 124 Å². The van der Waals surface area contributed by atoms with Crippen LogP contribution in [0.4, 0.5) is 0 Å². The molecule has 2 heterocycles. The fraction of sp³-hybridized carbons (Fsp3) is 0.467. The van der Waals surface area contributed by atoms with Crippen LogP contribution in [0.15, 0.2) is 29.8 Å². The van der Waals surface area contributed by atoms with Crippen LogP contribution in [0, 0.1) is 6.92 Å². The molecular weight excluding hydrogens is 268 g/mol. The van der Waals surface area contributed by atoms with Crippen molar-refractivity contribution in [1.82, 2.24) is 14.9 Å². The van der Waals surface area contributed by atoms with E-state index >= 15 is 0 Å². The van der Waals surface area contributed by atoms with Gasteiger partial charge in [-0.15, -0.1) is 11.3 Å². The number of hydrogen-bond donors (Lipinski definition) is 1. The van der Waals surface area contributed by atoms with Crippen LogP contribution < -0.4 is 5.73 Å². The van der Waals surface area contributed by atoms with Gasteiger partial charge in [0, 0.05) is 24.2 Å². The molecule has 0 aliphatic carbocycles. The molecule has 108 valence electrons. The van der Waals surface area contributed by atoms with E-state index in [-0.39, 0.29) is 12.1 Å². The van der Waals surface area contributed by atoms with E-state index in [1.165, 1.54) is 0 Å².